The van der Waals surface area contributed by atoms with Gasteiger partial charge in [-0.15, -0.1) is 0 Å². The molecule has 0 spiro atoms. The topological polar surface area (TPSA) is 116 Å². The second-order valence-electron chi connectivity index (χ2n) is 13.4. The van der Waals surface area contributed by atoms with Crippen LogP contribution in [0.3, 0.4) is 0 Å². The molecule has 2 rings (SSSR count). The lowest BCUT2D eigenvalue weighted by atomic mass is 10.1. The van der Waals surface area contributed by atoms with Gasteiger partial charge in [-0.3, -0.25) is 19.2 Å². The van der Waals surface area contributed by atoms with E-state index in [2.05, 4.69) is 35.1 Å². The summed E-state index contributed by atoms with van der Waals surface area (Å²) in [6.45, 7) is 5.49. The van der Waals surface area contributed by atoms with Crippen LogP contribution in [0.25, 0.3) is 12.2 Å². The van der Waals surface area contributed by atoms with Crippen LogP contribution in [0.1, 0.15) is 153 Å². The fourth-order valence-electron chi connectivity index (χ4n) is 5.71. The fourth-order valence-corrected chi connectivity index (χ4v) is 5.71. The van der Waals surface area contributed by atoms with Crippen molar-refractivity contribution in [2.75, 3.05) is 23.7 Å². The number of hydrogen-bond donors (Lipinski definition) is 4. The summed E-state index contributed by atoms with van der Waals surface area (Å²) in [4.78, 5) is 49.0. The van der Waals surface area contributed by atoms with Crippen molar-refractivity contribution in [3.63, 3.8) is 0 Å². The Bertz CT molecular complexity index is 1160. The molecule has 2 aromatic rings. The summed E-state index contributed by atoms with van der Waals surface area (Å²) >= 11 is 0. The summed E-state index contributed by atoms with van der Waals surface area (Å²) in [6, 6.07) is 14.5. The van der Waals surface area contributed by atoms with Gasteiger partial charge in [-0.25, -0.2) is 0 Å². The average molecular weight is 689 g/mol. The van der Waals surface area contributed by atoms with E-state index in [1.807, 2.05) is 36.4 Å². The molecule has 0 atom stereocenters. The van der Waals surface area contributed by atoms with Crippen LogP contribution in [0.15, 0.2) is 48.5 Å². The van der Waals surface area contributed by atoms with E-state index in [-0.39, 0.29) is 0 Å². The third kappa shape index (κ3) is 20.5. The Morgan fingerprint density at radius 1 is 0.400 bits per heavy atom. The van der Waals surface area contributed by atoms with Crippen LogP contribution >= 0.6 is 0 Å². The highest BCUT2D eigenvalue weighted by atomic mass is 16.2. The van der Waals surface area contributed by atoms with Crippen molar-refractivity contribution >= 4 is 47.2 Å². The molecule has 8 heteroatoms. The van der Waals surface area contributed by atoms with E-state index in [1.165, 1.54) is 103 Å². The first-order valence-electron chi connectivity index (χ1n) is 19.5. The van der Waals surface area contributed by atoms with E-state index in [0.29, 0.717) is 24.5 Å². The zero-order valence-corrected chi connectivity index (χ0v) is 31.0. The molecule has 0 saturated heterocycles. The van der Waals surface area contributed by atoms with Gasteiger partial charge in [0.2, 0.25) is 0 Å². The van der Waals surface area contributed by atoms with Crippen LogP contribution in [0.5, 0.6) is 0 Å². The summed E-state index contributed by atoms with van der Waals surface area (Å²) in [7, 11) is 0. The third-order valence-corrected chi connectivity index (χ3v) is 8.85. The first kappa shape index (κ1) is 42.2. The molecule has 4 N–H and O–H groups in total. The molecule has 0 aromatic heterocycles. The Morgan fingerprint density at radius 3 is 0.980 bits per heavy atom. The second-order valence-corrected chi connectivity index (χ2v) is 13.4. The Balaban J connectivity index is 1.59. The second kappa shape index (κ2) is 27.8. The van der Waals surface area contributed by atoms with Crippen LogP contribution in [0, 0.1) is 0 Å². The number of benzene rings is 2. The van der Waals surface area contributed by atoms with E-state index in [1.54, 1.807) is 24.3 Å². The minimum absolute atomic E-state index is 0.509. The van der Waals surface area contributed by atoms with Gasteiger partial charge in [-0.05, 0) is 48.2 Å². The largest absolute Gasteiger partial charge is 0.348 e. The number of hydrogen-bond acceptors (Lipinski definition) is 4. The highest BCUT2D eigenvalue weighted by molar-refractivity contribution is 6.40. The van der Waals surface area contributed by atoms with Crippen LogP contribution < -0.4 is 21.3 Å². The number of nitrogens with one attached hydrogen (secondary N) is 4. The molecule has 0 saturated carbocycles. The Kier molecular flexibility index (Phi) is 23.5. The van der Waals surface area contributed by atoms with Crippen LogP contribution in [0.2, 0.25) is 0 Å². The van der Waals surface area contributed by atoms with Crippen molar-refractivity contribution in [3.05, 3.63) is 59.7 Å². The van der Waals surface area contributed by atoms with Crippen molar-refractivity contribution in [1.82, 2.24) is 10.6 Å². The van der Waals surface area contributed by atoms with E-state index < -0.39 is 23.6 Å². The first-order chi connectivity index (χ1) is 24.4. The highest BCUT2D eigenvalue weighted by Gasteiger charge is 2.14. The summed E-state index contributed by atoms with van der Waals surface area (Å²) in [5.74, 6) is -2.57. The minimum atomic E-state index is -0.667. The van der Waals surface area contributed by atoms with Gasteiger partial charge in [0.15, 0.2) is 0 Å². The van der Waals surface area contributed by atoms with Gasteiger partial charge in [0.1, 0.15) is 0 Å². The monoisotopic (exact) mass is 688 g/mol. The lowest BCUT2D eigenvalue weighted by Gasteiger charge is -2.07. The SMILES string of the molecule is CCCCCCCCCCCCNC(=O)C(=O)Nc1ccc(/C=C/c2ccc(NC(=O)C(=O)NCCCCCCCCCCCC)cc2)cc1. The summed E-state index contributed by atoms with van der Waals surface area (Å²) in [5, 5.41) is 10.7. The van der Waals surface area contributed by atoms with Gasteiger partial charge in [0, 0.05) is 24.5 Å². The van der Waals surface area contributed by atoms with Crippen molar-refractivity contribution < 1.29 is 19.2 Å². The molecule has 2 aromatic carbocycles. The number of rotatable bonds is 26. The molecule has 0 radical (unpaired) electrons. The summed E-state index contributed by atoms with van der Waals surface area (Å²) in [6.07, 6.45) is 28.3. The van der Waals surface area contributed by atoms with Gasteiger partial charge >= 0.3 is 23.6 Å². The zero-order chi connectivity index (χ0) is 36.1. The molecule has 0 aliphatic heterocycles. The number of unbranched alkanes of at least 4 members (excludes halogenated alkanes) is 18. The van der Waals surface area contributed by atoms with Gasteiger partial charge in [-0.2, -0.15) is 0 Å². The Morgan fingerprint density at radius 2 is 0.680 bits per heavy atom. The van der Waals surface area contributed by atoms with E-state index in [4.69, 9.17) is 0 Å². The standard InChI is InChI=1S/C42H64N4O4/c1-3-5-7-9-11-13-15-17-19-21-33-43-39(47)41(49)45-37-29-25-35(26-30-37)23-24-36-27-31-38(32-28-36)46-42(50)40(48)44-34-22-20-18-16-14-12-10-8-6-4-2/h23-32H,3-22,33-34H2,1-2H3,(H,43,47)(H,44,48)(H,45,49)(H,46,50)/b24-23+. The van der Waals surface area contributed by atoms with Gasteiger partial charge in [0.25, 0.3) is 0 Å². The van der Waals surface area contributed by atoms with Crippen LogP contribution in [-0.2, 0) is 19.2 Å². The molecule has 0 fully saturated rings. The average Bonchev–Trinajstić information content (AvgIpc) is 3.12. The molecule has 0 aliphatic rings. The third-order valence-electron chi connectivity index (χ3n) is 8.85. The maximum absolute atomic E-state index is 12.3. The molecular weight excluding hydrogens is 624 g/mol. The Labute approximate surface area is 302 Å². The van der Waals surface area contributed by atoms with E-state index in [0.717, 1.165) is 36.8 Å². The van der Waals surface area contributed by atoms with Crippen molar-refractivity contribution in [2.24, 2.45) is 0 Å². The molecule has 4 amide bonds. The molecule has 8 nitrogen and oxygen atoms in total. The zero-order valence-electron chi connectivity index (χ0n) is 31.0. The number of amides is 4. The minimum Gasteiger partial charge on any atom is -0.348 e. The number of carbonyl (C=O) groups excluding carboxylic acids is 4. The van der Waals surface area contributed by atoms with Gasteiger partial charge in [-0.1, -0.05) is 166 Å². The number of carbonyl (C=O) groups is 4. The maximum Gasteiger partial charge on any atom is 0.313 e. The lowest BCUT2D eigenvalue weighted by molar-refractivity contribution is -0.136. The molecule has 0 bridgehead atoms. The quantitative estimate of drug-likeness (QED) is 0.0447. The number of anilines is 2. The lowest BCUT2D eigenvalue weighted by Crippen LogP contribution is -2.35. The highest BCUT2D eigenvalue weighted by Crippen LogP contribution is 2.16. The fraction of sp³-hybridized carbons (Fsp3) is 0.571. The molecule has 0 heterocycles. The summed E-state index contributed by atoms with van der Waals surface area (Å²) in [5.41, 5.74) is 2.94. The van der Waals surface area contributed by atoms with Crippen LogP contribution in [0.4, 0.5) is 11.4 Å². The first-order valence-corrected chi connectivity index (χ1v) is 19.5. The smallest absolute Gasteiger partial charge is 0.313 e. The van der Waals surface area contributed by atoms with Gasteiger partial charge in [0.05, 0.1) is 0 Å². The van der Waals surface area contributed by atoms with Crippen molar-refractivity contribution in [1.29, 1.82) is 0 Å². The Hall–Kier alpha value is -3.94. The maximum atomic E-state index is 12.3. The molecule has 276 valence electrons. The van der Waals surface area contributed by atoms with Crippen molar-refractivity contribution in [3.8, 4) is 0 Å². The van der Waals surface area contributed by atoms with E-state index >= 15 is 0 Å². The van der Waals surface area contributed by atoms with Crippen LogP contribution in [-0.4, -0.2) is 36.7 Å². The summed E-state index contributed by atoms with van der Waals surface area (Å²) < 4.78 is 0. The normalized spacial score (nSPS) is 11.0. The predicted octanol–water partition coefficient (Wildman–Crippen LogP) is 9.81. The predicted molar refractivity (Wildman–Crippen MR) is 209 cm³/mol. The molecule has 0 aliphatic carbocycles. The molecule has 0 unspecified atom stereocenters. The van der Waals surface area contributed by atoms with Gasteiger partial charge < -0.3 is 21.3 Å². The molecule has 50 heavy (non-hydrogen) atoms. The van der Waals surface area contributed by atoms with Crippen molar-refractivity contribution in [2.45, 2.75) is 142 Å². The van der Waals surface area contributed by atoms with E-state index in [9.17, 15) is 19.2 Å². The molecular formula is C42H64N4O4.